The van der Waals surface area contributed by atoms with Gasteiger partial charge in [0.15, 0.2) is 5.75 Å². The van der Waals surface area contributed by atoms with Gasteiger partial charge in [0.25, 0.3) is 0 Å². The number of halogens is 1. The van der Waals surface area contributed by atoms with Gasteiger partial charge in [-0.15, -0.1) is 0 Å². The van der Waals surface area contributed by atoms with E-state index in [1.54, 1.807) is 36.6 Å². The van der Waals surface area contributed by atoms with Gasteiger partial charge in [0.05, 0.1) is 31.4 Å². The Hall–Kier alpha value is -1.36. The number of nitrogens with zero attached hydrogens (tertiary/aromatic N) is 3. The van der Waals surface area contributed by atoms with Gasteiger partial charge in [0.2, 0.25) is 0 Å². The van der Waals surface area contributed by atoms with E-state index in [4.69, 9.17) is 4.74 Å². The number of rotatable bonds is 2. The predicted molar refractivity (Wildman–Crippen MR) is 55.6 cm³/mol. The highest BCUT2D eigenvalue weighted by molar-refractivity contribution is 9.10. The number of aromatic nitrogens is 3. The Kier molecular flexibility index (Phi) is 2.49. The lowest BCUT2D eigenvalue weighted by atomic mass is 10.4. The molecule has 0 aromatic carbocycles. The van der Waals surface area contributed by atoms with E-state index in [9.17, 15) is 0 Å². The topological polar surface area (TPSA) is 39.9 Å². The summed E-state index contributed by atoms with van der Waals surface area (Å²) >= 11 is 3.35. The molecular weight excluding hydrogens is 246 g/mol. The van der Waals surface area contributed by atoms with E-state index in [1.807, 2.05) is 6.07 Å². The molecule has 5 heteroatoms. The minimum atomic E-state index is 0.727. The van der Waals surface area contributed by atoms with E-state index in [-0.39, 0.29) is 0 Å². The lowest BCUT2D eigenvalue weighted by Crippen LogP contribution is -1.94. The van der Waals surface area contributed by atoms with Crippen molar-refractivity contribution in [1.29, 1.82) is 0 Å². The highest BCUT2D eigenvalue weighted by Gasteiger charge is 2.00. The van der Waals surface area contributed by atoms with Crippen molar-refractivity contribution in [2.45, 2.75) is 0 Å². The lowest BCUT2D eigenvalue weighted by molar-refractivity contribution is 0.414. The summed E-state index contributed by atoms with van der Waals surface area (Å²) in [6, 6.07) is 1.93. The average Bonchev–Trinajstić information content (AvgIpc) is 2.66. The third-order valence-electron chi connectivity index (χ3n) is 1.75. The van der Waals surface area contributed by atoms with Gasteiger partial charge in [0.1, 0.15) is 0 Å². The molecule has 14 heavy (non-hydrogen) atoms. The molecule has 0 fully saturated rings. The molecule has 0 aliphatic rings. The monoisotopic (exact) mass is 253 g/mol. The number of methoxy groups -OCH3 is 1. The summed E-state index contributed by atoms with van der Waals surface area (Å²) in [5, 5.41) is 4.13. The van der Waals surface area contributed by atoms with Gasteiger partial charge in [-0.2, -0.15) is 5.10 Å². The van der Waals surface area contributed by atoms with Crippen LogP contribution in [0.15, 0.2) is 35.3 Å². The van der Waals surface area contributed by atoms with Crippen LogP contribution in [-0.2, 0) is 0 Å². The maximum atomic E-state index is 5.03. The molecule has 2 rings (SSSR count). The zero-order chi connectivity index (χ0) is 9.97. The van der Waals surface area contributed by atoms with Crippen molar-refractivity contribution in [3.05, 3.63) is 35.3 Å². The number of pyridine rings is 1. The van der Waals surface area contributed by atoms with Gasteiger partial charge in [-0.25, -0.2) is 4.68 Å². The molecule has 0 radical (unpaired) electrons. The molecule has 72 valence electrons. The highest BCUT2D eigenvalue weighted by atomic mass is 79.9. The average molecular weight is 254 g/mol. The van der Waals surface area contributed by atoms with Crippen LogP contribution in [0.25, 0.3) is 5.69 Å². The van der Waals surface area contributed by atoms with E-state index >= 15 is 0 Å². The summed E-state index contributed by atoms with van der Waals surface area (Å²) in [6.07, 6.45) is 6.91. The first kappa shape index (κ1) is 9.21. The predicted octanol–water partition coefficient (Wildman–Crippen LogP) is 2.04. The molecule has 0 N–H and O–H groups in total. The summed E-state index contributed by atoms with van der Waals surface area (Å²) in [4.78, 5) is 4.05. The molecular formula is C9H8BrN3O. The van der Waals surface area contributed by atoms with Crippen LogP contribution < -0.4 is 4.74 Å². The molecule has 2 heterocycles. The smallest absolute Gasteiger partial charge is 0.157 e. The van der Waals surface area contributed by atoms with Gasteiger partial charge in [-0.1, -0.05) is 0 Å². The molecule has 0 spiro atoms. The Morgan fingerprint density at radius 2 is 2.21 bits per heavy atom. The van der Waals surface area contributed by atoms with Gasteiger partial charge in [-0.3, -0.25) is 4.98 Å². The molecule has 0 unspecified atom stereocenters. The Bertz CT molecular complexity index is 441. The van der Waals surface area contributed by atoms with Crippen molar-refractivity contribution in [3.63, 3.8) is 0 Å². The molecule has 0 saturated heterocycles. The van der Waals surface area contributed by atoms with Crippen LogP contribution in [0.1, 0.15) is 0 Å². The largest absolute Gasteiger partial charge is 0.493 e. The van der Waals surface area contributed by atoms with Gasteiger partial charge < -0.3 is 4.74 Å². The van der Waals surface area contributed by atoms with Crippen molar-refractivity contribution in [2.75, 3.05) is 7.11 Å². The fourth-order valence-corrected chi connectivity index (χ4v) is 1.43. The summed E-state index contributed by atoms with van der Waals surface area (Å²) in [5.41, 5.74) is 0.891. The fraction of sp³-hybridized carbons (Fsp3) is 0.111. The highest BCUT2D eigenvalue weighted by Crippen LogP contribution is 2.15. The second-order valence-electron chi connectivity index (χ2n) is 2.69. The molecule has 2 aromatic heterocycles. The Balaban J connectivity index is 2.39. The van der Waals surface area contributed by atoms with Crippen molar-refractivity contribution >= 4 is 15.9 Å². The molecule has 0 aliphatic carbocycles. The standard InChI is InChI=1S/C9H8BrN3O/c1-14-9-5-12-13(6-9)8-2-7(10)3-11-4-8/h2-6H,1H3. The van der Waals surface area contributed by atoms with E-state index < -0.39 is 0 Å². The summed E-state index contributed by atoms with van der Waals surface area (Å²) in [7, 11) is 1.61. The normalized spacial score (nSPS) is 10.1. The van der Waals surface area contributed by atoms with Crippen LogP contribution in [-0.4, -0.2) is 21.9 Å². The number of hydrogen-bond donors (Lipinski definition) is 0. The van der Waals surface area contributed by atoms with Crippen molar-refractivity contribution in [2.24, 2.45) is 0 Å². The quantitative estimate of drug-likeness (QED) is 0.823. The van der Waals surface area contributed by atoms with Crippen LogP contribution in [0.4, 0.5) is 0 Å². The van der Waals surface area contributed by atoms with Crippen molar-refractivity contribution in [1.82, 2.24) is 14.8 Å². The molecule has 0 bridgehead atoms. The molecule has 0 atom stereocenters. The first-order chi connectivity index (χ1) is 6.79. The van der Waals surface area contributed by atoms with Crippen molar-refractivity contribution in [3.8, 4) is 11.4 Å². The Morgan fingerprint density at radius 3 is 2.86 bits per heavy atom. The van der Waals surface area contributed by atoms with Gasteiger partial charge in [0, 0.05) is 10.7 Å². The van der Waals surface area contributed by atoms with Crippen molar-refractivity contribution < 1.29 is 4.74 Å². The van der Waals surface area contributed by atoms with Crippen LogP contribution >= 0.6 is 15.9 Å². The molecule has 2 aromatic rings. The third-order valence-corrected chi connectivity index (χ3v) is 2.18. The summed E-state index contributed by atoms with van der Waals surface area (Å²) < 4.78 is 7.66. The minimum absolute atomic E-state index is 0.727. The molecule has 4 nitrogen and oxygen atoms in total. The number of hydrogen-bond acceptors (Lipinski definition) is 3. The number of ether oxygens (including phenoxy) is 1. The molecule has 0 amide bonds. The first-order valence-electron chi connectivity index (χ1n) is 3.99. The summed E-state index contributed by atoms with van der Waals surface area (Å²) in [6.45, 7) is 0. The van der Waals surface area contributed by atoms with E-state index in [0.29, 0.717) is 0 Å². The van der Waals surface area contributed by atoms with Crippen LogP contribution in [0, 0.1) is 0 Å². The van der Waals surface area contributed by atoms with Crippen LogP contribution in [0.3, 0.4) is 0 Å². The van der Waals surface area contributed by atoms with E-state index in [2.05, 4.69) is 26.0 Å². The molecule has 0 saturated carbocycles. The maximum Gasteiger partial charge on any atom is 0.157 e. The maximum absolute atomic E-state index is 5.03. The third kappa shape index (κ3) is 1.77. The van der Waals surface area contributed by atoms with Crippen LogP contribution in [0.2, 0.25) is 0 Å². The first-order valence-corrected chi connectivity index (χ1v) is 4.78. The Morgan fingerprint density at radius 1 is 1.36 bits per heavy atom. The second kappa shape index (κ2) is 3.79. The lowest BCUT2D eigenvalue weighted by Gasteiger charge is -1.99. The Labute approximate surface area is 89.7 Å². The van der Waals surface area contributed by atoms with E-state index in [0.717, 1.165) is 15.9 Å². The zero-order valence-corrected chi connectivity index (χ0v) is 9.10. The van der Waals surface area contributed by atoms with Gasteiger partial charge >= 0.3 is 0 Å². The van der Waals surface area contributed by atoms with Gasteiger partial charge in [-0.05, 0) is 22.0 Å². The van der Waals surface area contributed by atoms with Crippen LogP contribution in [0.5, 0.6) is 5.75 Å². The minimum Gasteiger partial charge on any atom is -0.493 e. The summed E-state index contributed by atoms with van der Waals surface area (Å²) in [5.74, 6) is 0.727. The fourth-order valence-electron chi connectivity index (χ4n) is 1.08. The second-order valence-corrected chi connectivity index (χ2v) is 3.60. The zero-order valence-electron chi connectivity index (χ0n) is 7.51. The SMILES string of the molecule is COc1cnn(-c2cncc(Br)c2)c1. The molecule has 0 aliphatic heterocycles. The van der Waals surface area contributed by atoms with E-state index in [1.165, 1.54) is 0 Å².